The summed E-state index contributed by atoms with van der Waals surface area (Å²) in [6.07, 6.45) is 10.6. The number of hydrogen-bond donors (Lipinski definition) is 3. The first-order valence-corrected chi connectivity index (χ1v) is 16.7. The lowest BCUT2D eigenvalue weighted by molar-refractivity contribution is -0.124. The number of carbonyl (C=O) groups excluding carboxylic acids is 2. The van der Waals surface area contributed by atoms with Crippen LogP contribution in [0, 0.1) is 23.6 Å². The van der Waals surface area contributed by atoms with Gasteiger partial charge in [0.1, 0.15) is 5.82 Å². The van der Waals surface area contributed by atoms with Crippen molar-refractivity contribution in [2.75, 3.05) is 38.1 Å². The molecule has 2 aromatic carbocycles. The number of halogens is 1. The topological polar surface area (TPSA) is 94.6 Å². The Balaban J connectivity index is 1.36. The van der Waals surface area contributed by atoms with Crippen molar-refractivity contribution in [1.82, 2.24) is 15.2 Å². The summed E-state index contributed by atoms with van der Waals surface area (Å²) >= 11 is 0. The first-order valence-electron chi connectivity index (χ1n) is 16.7. The number of carbonyl (C=O) groups is 2. The van der Waals surface area contributed by atoms with Crippen molar-refractivity contribution >= 4 is 28.3 Å². The van der Waals surface area contributed by atoms with E-state index in [1.54, 1.807) is 30.4 Å². The molecule has 1 saturated heterocycles. The number of fused-ring (bicyclic) bond motifs is 1. The Labute approximate surface area is 278 Å². The lowest BCUT2D eigenvalue weighted by Gasteiger charge is -2.31. The SMILES string of the molecule is CC=CC=C(C(=O)NCC#Cc1ccc2ncc(NC3CCN(CC)CC3)cc2c1)C(=O)C(CC)CCC(CO)c1cccc(F)c1. The number of aliphatic hydroxyl groups excluding tert-OH is 1. The average molecular weight is 639 g/mol. The second-order valence-electron chi connectivity index (χ2n) is 12.1. The monoisotopic (exact) mass is 638 g/mol. The van der Waals surface area contributed by atoms with Gasteiger partial charge in [-0.2, -0.15) is 0 Å². The van der Waals surface area contributed by atoms with Gasteiger partial charge in [0.2, 0.25) is 0 Å². The van der Waals surface area contributed by atoms with Crippen LogP contribution in [-0.2, 0) is 9.59 Å². The molecular formula is C39H47FN4O3. The van der Waals surface area contributed by atoms with Crippen LogP contribution >= 0.6 is 0 Å². The Morgan fingerprint density at radius 3 is 2.64 bits per heavy atom. The molecule has 1 amide bonds. The molecule has 3 N–H and O–H groups in total. The summed E-state index contributed by atoms with van der Waals surface area (Å²) < 4.78 is 13.8. The molecule has 0 saturated carbocycles. The lowest BCUT2D eigenvalue weighted by atomic mass is 9.85. The van der Waals surface area contributed by atoms with Gasteiger partial charge in [0.25, 0.3) is 5.91 Å². The Kier molecular flexibility index (Phi) is 13.7. The molecule has 8 heteroatoms. The minimum absolute atomic E-state index is 0.0697. The molecule has 1 aliphatic heterocycles. The third kappa shape index (κ3) is 10.3. The van der Waals surface area contributed by atoms with Gasteiger partial charge in [0.15, 0.2) is 5.78 Å². The molecule has 1 aliphatic rings. The van der Waals surface area contributed by atoms with Gasteiger partial charge >= 0.3 is 0 Å². The molecule has 3 aromatic rings. The fourth-order valence-electron chi connectivity index (χ4n) is 6.01. The highest BCUT2D eigenvalue weighted by atomic mass is 19.1. The van der Waals surface area contributed by atoms with Crippen molar-refractivity contribution in [2.24, 2.45) is 5.92 Å². The second-order valence-corrected chi connectivity index (χ2v) is 12.1. The van der Waals surface area contributed by atoms with E-state index in [0.717, 1.165) is 54.6 Å². The number of aliphatic hydroxyl groups is 1. The summed E-state index contributed by atoms with van der Waals surface area (Å²) in [5.41, 5.74) is 3.46. The van der Waals surface area contributed by atoms with Gasteiger partial charge in [-0.15, -0.1) is 0 Å². The molecular weight excluding hydrogens is 591 g/mol. The Hall–Kier alpha value is -4.32. The number of pyridine rings is 1. The summed E-state index contributed by atoms with van der Waals surface area (Å²) in [6.45, 7) is 9.16. The number of Topliss-reactive ketones (excluding diaryl/α,β-unsaturated/α-hetero) is 1. The molecule has 2 heterocycles. The summed E-state index contributed by atoms with van der Waals surface area (Å²) in [6, 6.07) is 14.6. The molecule has 4 rings (SSSR count). The summed E-state index contributed by atoms with van der Waals surface area (Å²) in [4.78, 5) is 33.8. The Morgan fingerprint density at radius 2 is 1.94 bits per heavy atom. The van der Waals surface area contributed by atoms with E-state index < -0.39 is 11.8 Å². The highest BCUT2D eigenvalue weighted by molar-refractivity contribution is 6.20. The summed E-state index contributed by atoms with van der Waals surface area (Å²) in [7, 11) is 0. The van der Waals surface area contributed by atoms with Gasteiger partial charge in [-0.05, 0) is 93.6 Å². The van der Waals surface area contributed by atoms with Crippen LogP contribution in [0.25, 0.3) is 10.9 Å². The van der Waals surface area contributed by atoms with Gasteiger partial charge in [0, 0.05) is 48.5 Å². The van der Waals surface area contributed by atoms with Crippen molar-refractivity contribution in [3.05, 3.63) is 95.5 Å². The van der Waals surface area contributed by atoms with Crippen LogP contribution in [0.4, 0.5) is 10.1 Å². The fourth-order valence-corrected chi connectivity index (χ4v) is 6.01. The fraction of sp³-hybridized carbons (Fsp3) is 0.410. The maximum atomic E-state index is 13.8. The van der Waals surface area contributed by atoms with E-state index in [2.05, 4.69) is 45.3 Å². The zero-order chi connectivity index (χ0) is 33.6. The van der Waals surface area contributed by atoms with Crippen molar-refractivity contribution in [3.63, 3.8) is 0 Å². The standard InChI is InChI=1S/C39H47FN4O3/c1-4-7-13-36(38(46)29(5-2)15-16-31(27-45)30-11-8-12-33(40)24-30)39(47)41-20-9-10-28-14-17-37-32(23-28)25-35(26-42-37)43-34-18-21-44(6-3)22-19-34/h4,7-8,11-14,17,23-26,29,31,34,43,45H,5-6,15-16,18-22,27H2,1-3H3,(H,41,47). The number of hydrogen-bond acceptors (Lipinski definition) is 6. The number of anilines is 1. The van der Waals surface area contributed by atoms with E-state index in [4.69, 9.17) is 0 Å². The molecule has 1 fully saturated rings. The van der Waals surface area contributed by atoms with E-state index in [1.165, 1.54) is 12.1 Å². The smallest absolute Gasteiger partial charge is 0.255 e. The quantitative estimate of drug-likeness (QED) is 0.0623. The predicted octanol–water partition coefficient (Wildman–Crippen LogP) is 6.39. The van der Waals surface area contributed by atoms with Crippen molar-refractivity contribution in [1.29, 1.82) is 0 Å². The molecule has 7 nitrogen and oxygen atoms in total. The number of benzene rings is 2. The van der Waals surface area contributed by atoms with Crippen LogP contribution < -0.4 is 10.6 Å². The highest BCUT2D eigenvalue weighted by Crippen LogP contribution is 2.27. The van der Waals surface area contributed by atoms with Gasteiger partial charge in [0.05, 0.1) is 29.5 Å². The van der Waals surface area contributed by atoms with Crippen molar-refractivity contribution < 1.29 is 19.1 Å². The van der Waals surface area contributed by atoms with E-state index in [-0.39, 0.29) is 36.2 Å². The summed E-state index contributed by atoms with van der Waals surface area (Å²) in [5, 5.41) is 17.4. The molecule has 47 heavy (non-hydrogen) atoms. The molecule has 0 spiro atoms. The predicted molar refractivity (Wildman–Crippen MR) is 188 cm³/mol. The lowest BCUT2D eigenvalue weighted by Crippen LogP contribution is -2.38. The van der Waals surface area contributed by atoms with Crippen molar-refractivity contribution in [2.45, 2.75) is 64.8 Å². The van der Waals surface area contributed by atoms with Crippen LogP contribution in [0.2, 0.25) is 0 Å². The Morgan fingerprint density at radius 1 is 1.13 bits per heavy atom. The Bertz CT molecular complexity index is 1630. The third-order valence-corrected chi connectivity index (χ3v) is 8.89. The number of allylic oxidation sites excluding steroid dienone is 3. The molecule has 1 aromatic heterocycles. The number of piperidine rings is 1. The number of ketones is 1. The zero-order valence-electron chi connectivity index (χ0n) is 27.8. The number of likely N-dealkylation sites (tertiary alicyclic amines) is 1. The van der Waals surface area contributed by atoms with Gasteiger partial charge in [-0.25, -0.2) is 4.39 Å². The first kappa shape index (κ1) is 35.5. The zero-order valence-corrected chi connectivity index (χ0v) is 27.8. The largest absolute Gasteiger partial charge is 0.396 e. The number of nitrogens with zero attached hydrogens (tertiary/aromatic N) is 2. The second kappa shape index (κ2) is 18.1. The number of amides is 1. The number of nitrogens with one attached hydrogen (secondary N) is 2. The van der Waals surface area contributed by atoms with Crippen LogP contribution in [0.15, 0.2) is 78.5 Å². The highest BCUT2D eigenvalue weighted by Gasteiger charge is 2.26. The van der Waals surface area contributed by atoms with E-state index in [1.807, 2.05) is 38.2 Å². The van der Waals surface area contributed by atoms with Crippen LogP contribution in [0.3, 0.4) is 0 Å². The summed E-state index contributed by atoms with van der Waals surface area (Å²) in [5.74, 6) is 4.33. The van der Waals surface area contributed by atoms with Crippen LogP contribution in [0.5, 0.6) is 0 Å². The van der Waals surface area contributed by atoms with E-state index >= 15 is 0 Å². The molecule has 2 atom stereocenters. The number of aromatic nitrogens is 1. The van der Waals surface area contributed by atoms with Crippen LogP contribution in [-0.4, -0.2) is 65.5 Å². The van der Waals surface area contributed by atoms with Gasteiger partial charge in [-0.3, -0.25) is 14.6 Å². The van der Waals surface area contributed by atoms with Crippen LogP contribution in [0.1, 0.15) is 69.9 Å². The molecule has 0 bridgehead atoms. The normalized spacial score (nSPS) is 15.6. The maximum absolute atomic E-state index is 13.8. The minimum atomic E-state index is -0.479. The van der Waals surface area contributed by atoms with Gasteiger partial charge in [-0.1, -0.05) is 50.0 Å². The van der Waals surface area contributed by atoms with E-state index in [9.17, 15) is 19.1 Å². The third-order valence-electron chi connectivity index (χ3n) is 8.89. The van der Waals surface area contributed by atoms with Crippen molar-refractivity contribution in [3.8, 4) is 11.8 Å². The molecule has 0 aliphatic carbocycles. The number of rotatable bonds is 14. The first-order chi connectivity index (χ1) is 22.8. The molecule has 0 radical (unpaired) electrons. The minimum Gasteiger partial charge on any atom is -0.396 e. The van der Waals surface area contributed by atoms with Gasteiger partial charge < -0.3 is 20.6 Å². The van der Waals surface area contributed by atoms with E-state index in [0.29, 0.717) is 30.9 Å². The average Bonchev–Trinajstić information content (AvgIpc) is 3.09. The molecule has 248 valence electrons. The maximum Gasteiger partial charge on any atom is 0.255 e. The molecule has 2 unspecified atom stereocenters.